The molecule has 1 aliphatic rings. The lowest BCUT2D eigenvalue weighted by molar-refractivity contribution is 0.532. The molecule has 1 aromatic heterocycles. The molecule has 0 aliphatic heterocycles. The summed E-state index contributed by atoms with van der Waals surface area (Å²) in [5.41, 5.74) is 2.75. The van der Waals surface area contributed by atoms with Gasteiger partial charge in [0.2, 0.25) is 0 Å². The molecule has 2 nitrogen and oxygen atoms in total. The Morgan fingerprint density at radius 2 is 1.40 bits per heavy atom. The molecule has 0 saturated heterocycles. The van der Waals surface area contributed by atoms with E-state index >= 15 is 0 Å². The fraction of sp³-hybridized carbons (Fsp3) is 0.500. The van der Waals surface area contributed by atoms with Crippen LogP contribution in [0.25, 0.3) is 0 Å². The molecule has 2 atom stereocenters. The summed E-state index contributed by atoms with van der Waals surface area (Å²) >= 11 is 0. The zero-order valence-electron chi connectivity index (χ0n) is 6.20. The van der Waals surface area contributed by atoms with Crippen LogP contribution in [-0.4, -0.2) is 10.2 Å². The third-order valence-electron chi connectivity index (χ3n) is 2.52. The van der Waals surface area contributed by atoms with Gasteiger partial charge in [-0.25, -0.2) is 0 Å². The molecule has 1 aromatic rings. The third kappa shape index (κ3) is 0.537. The molecule has 0 saturated carbocycles. The van der Waals surface area contributed by atoms with Gasteiger partial charge in [0.05, 0.1) is 12.4 Å². The van der Waals surface area contributed by atoms with Crippen LogP contribution in [0.1, 0.15) is 36.8 Å². The Kier molecular flexibility index (Phi) is 1.04. The van der Waals surface area contributed by atoms with Crippen LogP contribution >= 0.6 is 0 Å². The number of hydrogen-bond acceptors (Lipinski definition) is 2. The Bertz CT molecular complexity index is 230. The number of nitrogens with zero attached hydrogens (tertiary/aromatic N) is 2. The van der Waals surface area contributed by atoms with Crippen LogP contribution in [0.5, 0.6) is 0 Å². The average Bonchev–Trinajstić information content (AvgIpc) is 2.03. The van der Waals surface area contributed by atoms with Crippen LogP contribution in [0.3, 0.4) is 0 Å². The molecule has 0 amide bonds. The molecule has 1 aliphatic carbocycles. The second-order valence-corrected chi connectivity index (χ2v) is 2.98. The van der Waals surface area contributed by atoms with Crippen LogP contribution in [-0.2, 0) is 0 Å². The van der Waals surface area contributed by atoms with E-state index in [4.69, 9.17) is 0 Å². The molecule has 0 spiro atoms. The van der Waals surface area contributed by atoms with Crippen molar-refractivity contribution in [1.82, 2.24) is 10.2 Å². The van der Waals surface area contributed by atoms with Crippen molar-refractivity contribution in [2.75, 3.05) is 0 Å². The van der Waals surface area contributed by atoms with Gasteiger partial charge in [-0.3, -0.25) is 0 Å². The molecule has 2 rings (SSSR count). The zero-order chi connectivity index (χ0) is 7.14. The van der Waals surface area contributed by atoms with E-state index in [0.717, 1.165) is 0 Å². The number of fused-ring (bicyclic) bond motifs is 1. The van der Waals surface area contributed by atoms with E-state index in [2.05, 4.69) is 24.0 Å². The van der Waals surface area contributed by atoms with Crippen molar-refractivity contribution in [3.63, 3.8) is 0 Å². The normalized spacial score (nSPS) is 29.0. The Hall–Kier alpha value is -0.920. The summed E-state index contributed by atoms with van der Waals surface area (Å²) in [6, 6.07) is 0. The van der Waals surface area contributed by atoms with E-state index in [1.165, 1.54) is 11.1 Å². The van der Waals surface area contributed by atoms with Gasteiger partial charge in [-0.05, 0) is 23.0 Å². The monoisotopic (exact) mass is 134 g/mol. The molecular weight excluding hydrogens is 124 g/mol. The Morgan fingerprint density at radius 3 is 1.80 bits per heavy atom. The standard InChI is InChI=1S/C8H10N2/c1-5-6(2)8-4-10-9-3-7(5)8/h3-6H,1-2H3. The smallest absolute Gasteiger partial charge is 0.0534 e. The van der Waals surface area contributed by atoms with Crippen LogP contribution in [0, 0.1) is 0 Å². The van der Waals surface area contributed by atoms with Gasteiger partial charge in [0.1, 0.15) is 0 Å². The topological polar surface area (TPSA) is 25.8 Å². The van der Waals surface area contributed by atoms with Gasteiger partial charge in [0.15, 0.2) is 0 Å². The third-order valence-corrected chi connectivity index (χ3v) is 2.52. The van der Waals surface area contributed by atoms with Crippen molar-refractivity contribution in [3.05, 3.63) is 23.5 Å². The lowest BCUT2D eigenvalue weighted by atomic mass is 9.72. The van der Waals surface area contributed by atoms with Crippen LogP contribution in [0.4, 0.5) is 0 Å². The molecular formula is C8H10N2. The van der Waals surface area contributed by atoms with Gasteiger partial charge in [0, 0.05) is 0 Å². The first-order chi connectivity index (χ1) is 4.80. The Labute approximate surface area is 60.3 Å². The fourth-order valence-electron chi connectivity index (χ4n) is 1.54. The van der Waals surface area contributed by atoms with Gasteiger partial charge < -0.3 is 0 Å². The molecule has 52 valence electrons. The summed E-state index contributed by atoms with van der Waals surface area (Å²) in [5, 5.41) is 7.66. The quantitative estimate of drug-likeness (QED) is 0.539. The van der Waals surface area contributed by atoms with Gasteiger partial charge in [-0.1, -0.05) is 13.8 Å². The Morgan fingerprint density at radius 1 is 1.00 bits per heavy atom. The summed E-state index contributed by atoms with van der Waals surface area (Å²) in [6.07, 6.45) is 3.75. The summed E-state index contributed by atoms with van der Waals surface area (Å²) in [4.78, 5) is 0. The lowest BCUT2D eigenvalue weighted by Crippen LogP contribution is -2.19. The van der Waals surface area contributed by atoms with E-state index in [-0.39, 0.29) is 0 Å². The maximum Gasteiger partial charge on any atom is 0.0534 e. The van der Waals surface area contributed by atoms with Crippen LogP contribution in [0.2, 0.25) is 0 Å². The molecule has 2 unspecified atom stereocenters. The molecule has 0 aromatic carbocycles. The largest absolute Gasteiger partial charge is 0.159 e. The number of rotatable bonds is 0. The van der Waals surface area contributed by atoms with Crippen LogP contribution in [0.15, 0.2) is 12.4 Å². The van der Waals surface area contributed by atoms with Crippen molar-refractivity contribution in [2.24, 2.45) is 0 Å². The predicted octanol–water partition coefficient (Wildman–Crippen LogP) is 1.70. The van der Waals surface area contributed by atoms with E-state index < -0.39 is 0 Å². The maximum atomic E-state index is 3.83. The molecule has 10 heavy (non-hydrogen) atoms. The first-order valence-corrected chi connectivity index (χ1v) is 3.61. The maximum absolute atomic E-state index is 3.83. The van der Waals surface area contributed by atoms with Gasteiger partial charge in [0.25, 0.3) is 0 Å². The van der Waals surface area contributed by atoms with Crippen molar-refractivity contribution in [1.29, 1.82) is 0 Å². The molecule has 0 fully saturated rings. The molecule has 0 N–H and O–H groups in total. The summed E-state index contributed by atoms with van der Waals surface area (Å²) in [7, 11) is 0. The highest BCUT2D eigenvalue weighted by molar-refractivity contribution is 5.39. The highest BCUT2D eigenvalue weighted by atomic mass is 15.1. The van der Waals surface area contributed by atoms with Gasteiger partial charge in [-0.2, -0.15) is 10.2 Å². The van der Waals surface area contributed by atoms with E-state index in [9.17, 15) is 0 Å². The van der Waals surface area contributed by atoms with Crippen molar-refractivity contribution < 1.29 is 0 Å². The van der Waals surface area contributed by atoms with Crippen LogP contribution < -0.4 is 0 Å². The van der Waals surface area contributed by atoms with E-state index in [1.54, 1.807) is 0 Å². The van der Waals surface area contributed by atoms with Crippen molar-refractivity contribution in [2.45, 2.75) is 25.7 Å². The summed E-state index contributed by atoms with van der Waals surface area (Å²) < 4.78 is 0. The van der Waals surface area contributed by atoms with Crippen molar-refractivity contribution in [3.8, 4) is 0 Å². The fourth-order valence-corrected chi connectivity index (χ4v) is 1.54. The first-order valence-electron chi connectivity index (χ1n) is 3.61. The lowest BCUT2D eigenvalue weighted by Gasteiger charge is -2.33. The van der Waals surface area contributed by atoms with E-state index in [0.29, 0.717) is 11.8 Å². The Balaban J connectivity index is 2.50. The minimum Gasteiger partial charge on any atom is -0.159 e. The second kappa shape index (κ2) is 1.78. The predicted molar refractivity (Wildman–Crippen MR) is 38.9 cm³/mol. The first kappa shape index (κ1) is 5.83. The molecule has 0 radical (unpaired) electrons. The number of aromatic nitrogens is 2. The highest BCUT2D eigenvalue weighted by Crippen LogP contribution is 2.44. The summed E-state index contributed by atoms with van der Waals surface area (Å²) in [6.45, 7) is 4.46. The minimum absolute atomic E-state index is 0.686. The molecule has 1 heterocycles. The number of hydrogen-bond donors (Lipinski definition) is 0. The van der Waals surface area contributed by atoms with Crippen molar-refractivity contribution >= 4 is 0 Å². The zero-order valence-corrected chi connectivity index (χ0v) is 6.20. The van der Waals surface area contributed by atoms with E-state index in [1.807, 2.05) is 12.4 Å². The SMILES string of the molecule is CC1c2cnncc2C1C. The highest BCUT2D eigenvalue weighted by Gasteiger charge is 2.30. The van der Waals surface area contributed by atoms with Gasteiger partial charge in [-0.15, -0.1) is 0 Å². The molecule has 2 heteroatoms. The average molecular weight is 134 g/mol. The minimum atomic E-state index is 0.686. The second-order valence-electron chi connectivity index (χ2n) is 2.98. The molecule has 0 bridgehead atoms. The van der Waals surface area contributed by atoms with Gasteiger partial charge >= 0.3 is 0 Å². The summed E-state index contributed by atoms with van der Waals surface area (Å²) in [5.74, 6) is 1.37.